The number of hydrogen-bond acceptors (Lipinski definition) is 4. The highest BCUT2D eigenvalue weighted by Crippen LogP contribution is 2.38. The van der Waals surface area contributed by atoms with Crippen molar-refractivity contribution in [2.75, 3.05) is 31.8 Å². The summed E-state index contributed by atoms with van der Waals surface area (Å²) in [7, 11) is -0.826. The van der Waals surface area contributed by atoms with Gasteiger partial charge in [-0.05, 0) is 34.5 Å². The molecule has 0 aliphatic carbocycles. The molecule has 0 radical (unpaired) electrons. The van der Waals surface area contributed by atoms with Crippen LogP contribution in [-0.2, 0) is 10.8 Å². The zero-order chi connectivity index (χ0) is 14.5. The summed E-state index contributed by atoms with van der Waals surface area (Å²) in [5.41, 5.74) is 0.513. The van der Waals surface area contributed by atoms with E-state index in [1.165, 1.54) is 0 Å². The Bertz CT molecular complexity index is 535. The summed E-state index contributed by atoms with van der Waals surface area (Å²) in [6.07, 6.45) is 2.35. The highest BCUT2D eigenvalue weighted by molar-refractivity contribution is 9.10. The van der Waals surface area contributed by atoms with Crippen LogP contribution in [0, 0.1) is 0 Å². The van der Waals surface area contributed by atoms with Gasteiger partial charge in [0.05, 0.1) is 4.47 Å². The van der Waals surface area contributed by atoms with Crippen molar-refractivity contribution >= 4 is 32.6 Å². The predicted molar refractivity (Wildman–Crippen MR) is 81.0 cm³/mol. The monoisotopic (exact) mass is 361 g/mol. The van der Waals surface area contributed by atoms with E-state index in [2.05, 4.69) is 21.2 Å². The summed E-state index contributed by atoms with van der Waals surface area (Å²) >= 11 is 3.38. The van der Waals surface area contributed by atoms with Crippen LogP contribution in [0.15, 0.2) is 16.6 Å². The van der Waals surface area contributed by atoms with Crippen LogP contribution >= 0.6 is 15.9 Å². The molecule has 110 valence electrons. The summed E-state index contributed by atoms with van der Waals surface area (Å²) in [5.74, 6) is 1.62. The van der Waals surface area contributed by atoms with Gasteiger partial charge in [0.1, 0.15) is 13.2 Å². The van der Waals surface area contributed by atoms with Gasteiger partial charge in [0.2, 0.25) is 0 Å². The molecule has 0 fully saturated rings. The fourth-order valence-electron chi connectivity index (χ4n) is 1.82. The molecule has 1 aliphatic rings. The molecule has 7 heteroatoms. The van der Waals surface area contributed by atoms with Gasteiger partial charge < -0.3 is 14.8 Å². The second-order valence-electron chi connectivity index (χ2n) is 4.37. The number of benzene rings is 1. The second-order valence-corrected chi connectivity index (χ2v) is 6.78. The Balaban J connectivity index is 1.99. The first-order valence-corrected chi connectivity index (χ1v) is 8.77. The molecule has 1 aromatic carbocycles. The van der Waals surface area contributed by atoms with Crippen molar-refractivity contribution in [1.82, 2.24) is 5.32 Å². The van der Waals surface area contributed by atoms with Gasteiger partial charge in [0.15, 0.2) is 11.5 Å². The molecule has 1 aromatic rings. The first-order valence-electron chi connectivity index (χ1n) is 6.25. The number of amides is 1. The van der Waals surface area contributed by atoms with Crippen molar-refractivity contribution in [1.29, 1.82) is 0 Å². The molecule has 0 bridgehead atoms. The molecule has 1 atom stereocenters. The van der Waals surface area contributed by atoms with E-state index in [0.29, 0.717) is 53.5 Å². The lowest BCUT2D eigenvalue weighted by atomic mass is 10.2. The number of rotatable bonds is 5. The van der Waals surface area contributed by atoms with E-state index in [1.807, 2.05) is 0 Å². The molecular weight excluding hydrogens is 346 g/mol. The Kier molecular flexibility index (Phi) is 5.42. The summed E-state index contributed by atoms with van der Waals surface area (Å²) in [5, 5.41) is 2.80. The van der Waals surface area contributed by atoms with Crippen molar-refractivity contribution in [3.63, 3.8) is 0 Å². The summed E-state index contributed by atoms with van der Waals surface area (Å²) < 4.78 is 22.6. The predicted octanol–water partition coefficient (Wildman–Crippen LogP) is 1.72. The lowest BCUT2D eigenvalue weighted by Crippen LogP contribution is -2.26. The Hall–Kier alpha value is -1.08. The maximum atomic E-state index is 12.0. The van der Waals surface area contributed by atoms with Gasteiger partial charge in [-0.3, -0.25) is 9.00 Å². The van der Waals surface area contributed by atoms with E-state index in [1.54, 1.807) is 18.4 Å². The van der Waals surface area contributed by atoms with Crippen LogP contribution in [0.4, 0.5) is 0 Å². The van der Waals surface area contributed by atoms with Gasteiger partial charge in [-0.2, -0.15) is 0 Å². The smallest absolute Gasteiger partial charge is 0.251 e. The number of fused-ring (bicyclic) bond motifs is 1. The van der Waals surface area contributed by atoms with Crippen molar-refractivity contribution < 1.29 is 18.5 Å². The lowest BCUT2D eigenvalue weighted by Gasteiger charge is -2.20. The molecule has 0 aromatic heterocycles. The third kappa shape index (κ3) is 3.96. The van der Waals surface area contributed by atoms with Crippen molar-refractivity contribution in [3.05, 3.63) is 22.2 Å². The zero-order valence-electron chi connectivity index (χ0n) is 11.1. The molecule has 1 amide bonds. The fraction of sp³-hybridized carbons (Fsp3) is 0.462. The Morgan fingerprint density at radius 1 is 1.40 bits per heavy atom. The molecule has 0 saturated heterocycles. The van der Waals surface area contributed by atoms with Crippen LogP contribution < -0.4 is 14.8 Å². The highest BCUT2D eigenvalue weighted by atomic mass is 79.9. The van der Waals surface area contributed by atoms with Gasteiger partial charge in [-0.1, -0.05) is 0 Å². The van der Waals surface area contributed by atoms with E-state index in [-0.39, 0.29) is 5.91 Å². The SMILES string of the molecule is C[S@@](=O)CCCNC(=O)c1cc(Br)c2c(c1)OCCO2. The molecule has 0 unspecified atom stereocenters. The van der Waals surface area contributed by atoms with Crippen molar-refractivity contribution in [2.24, 2.45) is 0 Å². The molecular formula is C13H16BrNO4S. The summed E-state index contributed by atoms with van der Waals surface area (Å²) in [6, 6.07) is 3.38. The Morgan fingerprint density at radius 2 is 2.15 bits per heavy atom. The third-order valence-electron chi connectivity index (χ3n) is 2.75. The first-order chi connectivity index (χ1) is 9.58. The normalized spacial score (nSPS) is 14.7. The van der Waals surface area contributed by atoms with E-state index < -0.39 is 10.8 Å². The molecule has 1 heterocycles. The molecule has 1 N–H and O–H groups in total. The minimum absolute atomic E-state index is 0.176. The largest absolute Gasteiger partial charge is 0.486 e. The van der Waals surface area contributed by atoms with E-state index >= 15 is 0 Å². The molecule has 20 heavy (non-hydrogen) atoms. The van der Waals surface area contributed by atoms with Gasteiger partial charge in [-0.15, -0.1) is 0 Å². The van der Waals surface area contributed by atoms with Gasteiger partial charge in [0, 0.05) is 34.9 Å². The molecule has 0 saturated carbocycles. The van der Waals surface area contributed by atoms with Crippen LogP contribution in [-0.4, -0.2) is 41.9 Å². The topological polar surface area (TPSA) is 64.6 Å². The van der Waals surface area contributed by atoms with E-state index in [4.69, 9.17) is 9.47 Å². The average molecular weight is 362 g/mol. The van der Waals surface area contributed by atoms with E-state index in [0.717, 1.165) is 0 Å². The number of carbonyl (C=O) groups excluding carboxylic acids is 1. The van der Waals surface area contributed by atoms with Crippen LogP contribution in [0.1, 0.15) is 16.8 Å². The fourth-order valence-corrected chi connectivity index (χ4v) is 2.93. The lowest BCUT2D eigenvalue weighted by molar-refractivity contribution is 0.0952. The molecule has 2 rings (SSSR count). The third-order valence-corrected chi connectivity index (χ3v) is 4.21. The zero-order valence-corrected chi connectivity index (χ0v) is 13.5. The summed E-state index contributed by atoms with van der Waals surface area (Å²) in [4.78, 5) is 12.0. The Morgan fingerprint density at radius 3 is 2.90 bits per heavy atom. The van der Waals surface area contributed by atoms with Gasteiger partial charge in [0.25, 0.3) is 5.91 Å². The van der Waals surface area contributed by atoms with Gasteiger partial charge >= 0.3 is 0 Å². The van der Waals surface area contributed by atoms with E-state index in [9.17, 15) is 9.00 Å². The minimum Gasteiger partial charge on any atom is -0.486 e. The van der Waals surface area contributed by atoms with Gasteiger partial charge in [-0.25, -0.2) is 0 Å². The standard InChI is InChI=1S/C13H16BrNO4S/c1-20(17)6-2-3-15-13(16)9-7-10(14)12-11(8-9)18-4-5-19-12/h7-8H,2-6H2,1H3,(H,15,16)/t20-/m1/s1. The van der Waals surface area contributed by atoms with Crippen LogP contribution in [0.2, 0.25) is 0 Å². The number of halogens is 1. The van der Waals surface area contributed by atoms with Crippen LogP contribution in [0.3, 0.4) is 0 Å². The highest BCUT2D eigenvalue weighted by Gasteiger charge is 2.18. The summed E-state index contributed by atoms with van der Waals surface area (Å²) in [6.45, 7) is 1.49. The molecule has 0 spiro atoms. The van der Waals surface area contributed by atoms with Crippen molar-refractivity contribution in [3.8, 4) is 11.5 Å². The maximum Gasteiger partial charge on any atom is 0.251 e. The average Bonchev–Trinajstić information content (AvgIpc) is 2.43. The van der Waals surface area contributed by atoms with Crippen LogP contribution in [0.5, 0.6) is 11.5 Å². The van der Waals surface area contributed by atoms with Crippen LogP contribution in [0.25, 0.3) is 0 Å². The number of carbonyl (C=O) groups is 1. The maximum absolute atomic E-state index is 12.0. The minimum atomic E-state index is -0.826. The molecule has 5 nitrogen and oxygen atoms in total. The number of nitrogens with one attached hydrogen (secondary N) is 1. The first kappa shape index (κ1) is 15.3. The van der Waals surface area contributed by atoms with Crippen molar-refractivity contribution in [2.45, 2.75) is 6.42 Å². The number of hydrogen-bond donors (Lipinski definition) is 1. The number of ether oxygens (including phenoxy) is 2. The Labute approximate surface area is 128 Å². The quantitative estimate of drug-likeness (QED) is 0.811. The second kappa shape index (κ2) is 7.08. The molecule has 1 aliphatic heterocycles.